The molecule has 2 heterocycles. The highest BCUT2D eigenvalue weighted by molar-refractivity contribution is 5.94. The lowest BCUT2D eigenvalue weighted by Gasteiger charge is -2.36. The number of para-hydroxylation sites is 2. The highest BCUT2D eigenvalue weighted by atomic mass is 16.2. The minimum Gasteiger partial charge on any atom is -0.368 e. The molecule has 0 N–H and O–H groups in total. The number of carbonyl (C=O) groups excluding carboxylic acids is 1. The van der Waals surface area contributed by atoms with Crippen LogP contribution in [0.25, 0.3) is 0 Å². The molecule has 5 rings (SSSR count). The molecule has 0 spiro atoms. The Kier molecular flexibility index (Phi) is 5.14. The minimum atomic E-state index is 0.140. The Morgan fingerprint density at radius 2 is 1.43 bits per heavy atom. The second-order valence-electron chi connectivity index (χ2n) is 8.11. The van der Waals surface area contributed by atoms with Gasteiger partial charge in [-0.25, -0.2) is 0 Å². The van der Waals surface area contributed by atoms with Crippen molar-refractivity contribution in [2.75, 3.05) is 42.5 Å². The number of nitrogens with zero attached hydrogens (tertiary/aromatic N) is 3. The molecule has 2 aliphatic heterocycles. The third kappa shape index (κ3) is 3.78. The van der Waals surface area contributed by atoms with Gasteiger partial charge in [-0.2, -0.15) is 0 Å². The lowest BCUT2D eigenvalue weighted by Crippen LogP contribution is -2.48. The number of carbonyl (C=O) groups is 1. The van der Waals surface area contributed by atoms with Crippen molar-refractivity contribution in [1.82, 2.24) is 4.90 Å². The van der Waals surface area contributed by atoms with Crippen molar-refractivity contribution in [3.63, 3.8) is 0 Å². The summed E-state index contributed by atoms with van der Waals surface area (Å²) in [6.45, 7) is 5.23. The zero-order valence-electron chi connectivity index (χ0n) is 17.2. The van der Waals surface area contributed by atoms with Gasteiger partial charge in [0.05, 0.1) is 0 Å². The van der Waals surface area contributed by atoms with Crippen LogP contribution in [0.5, 0.6) is 0 Å². The Balaban J connectivity index is 1.19. The third-order valence-electron chi connectivity index (χ3n) is 6.25. The largest absolute Gasteiger partial charge is 0.368 e. The summed E-state index contributed by atoms with van der Waals surface area (Å²) in [5.74, 6) is 0.140. The van der Waals surface area contributed by atoms with Crippen molar-refractivity contribution >= 4 is 17.3 Å². The molecule has 2 aliphatic rings. The smallest absolute Gasteiger partial charge is 0.253 e. The normalized spacial score (nSPS) is 15.9. The van der Waals surface area contributed by atoms with E-state index in [0.29, 0.717) is 0 Å². The van der Waals surface area contributed by atoms with Crippen LogP contribution in [0.3, 0.4) is 0 Å². The molecule has 3 aromatic carbocycles. The zero-order valence-corrected chi connectivity index (χ0v) is 17.2. The molecule has 0 bridgehead atoms. The van der Waals surface area contributed by atoms with Crippen LogP contribution in [0.2, 0.25) is 0 Å². The maximum Gasteiger partial charge on any atom is 0.253 e. The number of benzene rings is 3. The van der Waals surface area contributed by atoms with Crippen molar-refractivity contribution in [3.05, 3.63) is 95.6 Å². The van der Waals surface area contributed by atoms with Crippen molar-refractivity contribution in [3.8, 4) is 0 Å². The molecule has 0 saturated carbocycles. The molecule has 1 saturated heterocycles. The monoisotopic (exact) mass is 397 g/mol. The van der Waals surface area contributed by atoms with Crippen LogP contribution in [-0.4, -0.2) is 43.5 Å². The quantitative estimate of drug-likeness (QED) is 0.660. The predicted octanol–water partition coefficient (Wildman–Crippen LogP) is 4.21. The van der Waals surface area contributed by atoms with Crippen LogP contribution < -0.4 is 9.80 Å². The van der Waals surface area contributed by atoms with Crippen LogP contribution in [0.4, 0.5) is 11.4 Å². The Morgan fingerprint density at radius 3 is 2.20 bits per heavy atom. The summed E-state index contributed by atoms with van der Waals surface area (Å²) in [5, 5.41) is 0. The number of amides is 1. The van der Waals surface area contributed by atoms with Gasteiger partial charge in [0.1, 0.15) is 0 Å². The molecule has 0 unspecified atom stereocenters. The number of piperazine rings is 1. The summed E-state index contributed by atoms with van der Waals surface area (Å²) in [6.07, 6.45) is 1.11. The molecule has 0 aromatic heterocycles. The first kappa shape index (κ1) is 18.7. The van der Waals surface area contributed by atoms with Crippen molar-refractivity contribution in [1.29, 1.82) is 0 Å². The van der Waals surface area contributed by atoms with Crippen LogP contribution in [0, 0.1) is 0 Å². The van der Waals surface area contributed by atoms with Gasteiger partial charge in [0.15, 0.2) is 0 Å². The third-order valence-corrected chi connectivity index (χ3v) is 6.25. The Bertz CT molecular complexity index is 1010. The number of hydrogen-bond acceptors (Lipinski definition) is 3. The maximum absolute atomic E-state index is 13.0. The van der Waals surface area contributed by atoms with E-state index >= 15 is 0 Å². The predicted molar refractivity (Wildman–Crippen MR) is 122 cm³/mol. The molecule has 1 fully saturated rings. The minimum absolute atomic E-state index is 0.140. The van der Waals surface area contributed by atoms with Crippen molar-refractivity contribution in [2.45, 2.75) is 13.0 Å². The van der Waals surface area contributed by atoms with Gasteiger partial charge in [-0.05, 0) is 47.9 Å². The van der Waals surface area contributed by atoms with Gasteiger partial charge in [0.2, 0.25) is 0 Å². The fraction of sp³-hybridized carbons (Fsp3) is 0.269. The van der Waals surface area contributed by atoms with E-state index in [1.165, 1.54) is 22.5 Å². The average molecular weight is 398 g/mol. The number of rotatable bonds is 4. The van der Waals surface area contributed by atoms with Crippen molar-refractivity contribution in [2.24, 2.45) is 0 Å². The van der Waals surface area contributed by atoms with E-state index in [1.54, 1.807) is 0 Å². The van der Waals surface area contributed by atoms with E-state index in [4.69, 9.17) is 0 Å². The fourth-order valence-corrected chi connectivity index (χ4v) is 4.53. The summed E-state index contributed by atoms with van der Waals surface area (Å²) in [5.41, 5.74) is 6.04. The lowest BCUT2D eigenvalue weighted by atomic mass is 10.1. The lowest BCUT2D eigenvalue weighted by molar-refractivity contribution is 0.0747. The molecule has 0 atom stereocenters. The highest BCUT2D eigenvalue weighted by Crippen LogP contribution is 2.29. The fourth-order valence-electron chi connectivity index (χ4n) is 4.53. The molecule has 4 heteroatoms. The first-order valence-electron chi connectivity index (χ1n) is 10.8. The van der Waals surface area contributed by atoms with Crippen LogP contribution in [0.1, 0.15) is 21.5 Å². The molecule has 3 aromatic rings. The van der Waals surface area contributed by atoms with E-state index in [-0.39, 0.29) is 5.91 Å². The first-order chi connectivity index (χ1) is 14.8. The van der Waals surface area contributed by atoms with Crippen LogP contribution in [0.15, 0.2) is 78.9 Å². The van der Waals surface area contributed by atoms with E-state index < -0.39 is 0 Å². The van der Waals surface area contributed by atoms with Gasteiger partial charge in [0, 0.05) is 56.2 Å². The molecule has 4 nitrogen and oxygen atoms in total. The topological polar surface area (TPSA) is 26.8 Å². The van der Waals surface area contributed by atoms with Crippen LogP contribution >= 0.6 is 0 Å². The second-order valence-corrected chi connectivity index (χ2v) is 8.11. The molecule has 152 valence electrons. The maximum atomic E-state index is 13.0. The zero-order chi connectivity index (χ0) is 20.3. The van der Waals surface area contributed by atoms with Gasteiger partial charge in [0.25, 0.3) is 5.91 Å². The molecular formula is C26H27N3O. The second kappa shape index (κ2) is 8.23. The number of anilines is 2. The van der Waals surface area contributed by atoms with Gasteiger partial charge < -0.3 is 14.7 Å². The molecule has 1 amide bonds. The Labute approximate surface area is 178 Å². The van der Waals surface area contributed by atoms with E-state index in [0.717, 1.165) is 51.3 Å². The molecular weight excluding hydrogens is 370 g/mol. The van der Waals surface area contributed by atoms with Gasteiger partial charge in [-0.3, -0.25) is 4.79 Å². The molecule has 30 heavy (non-hydrogen) atoms. The van der Waals surface area contributed by atoms with Gasteiger partial charge in [-0.15, -0.1) is 0 Å². The van der Waals surface area contributed by atoms with E-state index in [1.807, 2.05) is 23.1 Å². The average Bonchev–Trinajstić information content (AvgIpc) is 3.23. The standard InChI is InChI=1S/C26H27N3O/c30-26(28-18-16-27(17-19-28)24-7-2-1-3-8-24)23-12-10-21(11-13-23)20-29-15-14-22-6-4-5-9-25(22)29/h1-13H,14-20H2. The van der Waals surface area contributed by atoms with E-state index in [2.05, 4.69) is 70.5 Å². The summed E-state index contributed by atoms with van der Waals surface area (Å²) >= 11 is 0. The van der Waals surface area contributed by atoms with Gasteiger partial charge >= 0.3 is 0 Å². The summed E-state index contributed by atoms with van der Waals surface area (Å²) in [6, 6.07) is 27.3. The number of fused-ring (bicyclic) bond motifs is 1. The highest BCUT2D eigenvalue weighted by Gasteiger charge is 2.23. The Morgan fingerprint density at radius 1 is 0.733 bits per heavy atom. The first-order valence-corrected chi connectivity index (χ1v) is 10.8. The summed E-state index contributed by atoms with van der Waals surface area (Å²) in [7, 11) is 0. The molecule has 0 radical (unpaired) electrons. The van der Waals surface area contributed by atoms with E-state index in [9.17, 15) is 4.79 Å². The SMILES string of the molecule is O=C(c1ccc(CN2CCc3ccccc32)cc1)N1CCN(c2ccccc2)CC1. The Hall–Kier alpha value is -3.27. The van der Waals surface area contributed by atoms with Crippen molar-refractivity contribution < 1.29 is 4.79 Å². The molecule has 0 aliphatic carbocycles. The van der Waals surface area contributed by atoms with Crippen LogP contribution in [-0.2, 0) is 13.0 Å². The van der Waals surface area contributed by atoms with Gasteiger partial charge in [-0.1, -0.05) is 48.5 Å². The number of hydrogen-bond donors (Lipinski definition) is 0. The summed E-state index contributed by atoms with van der Waals surface area (Å²) < 4.78 is 0. The summed E-state index contributed by atoms with van der Waals surface area (Å²) in [4.78, 5) is 19.7.